The van der Waals surface area contributed by atoms with E-state index in [1.165, 1.54) is 6.07 Å². The Bertz CT molecular complexity index is 471. The van der Waals surface area contributed by atoms with Crippen LogP contribution in [0.2, 0.25) is 0 Å². The Balaban J connectivity index is 2.08. The van der Waals surface area contributed by atoms with E-state index in [4.69, 9.17) is 9.47 Å². The number of hydrogen-bond donors (Lipinski definition) is 1. The molecule has 0 aliphatic carbocycles. The van der Waals surface area contributed by atoms with Gasteiger partial charge in [0.15, 0.2) is 0 Å². The summed E-state index contributed by atoms with van der Waals surface area (Å²) in [4.78, 5) is 0. The molecule has 1 aliphatic rings. The van der Waals surface area contributed by atoms with E-state index in [0.29, 0.717) is 6.61 Å². The van der Waals surface area contributed by atoms with Crippen molar-refractivity contribution in [2.75, 3.05) is 19.7 Å². The fourth-order valence-electron chi connectivity index (χ4n) is 2.47. The number of alkyl halides is 3. The third-order valence-electron chi connectivity index (χ3n) is 3.67. The van der Waals surface area contributed by atoms with E-state index < -0.39 is 11.7 Å². The predicted octanol–water partition coefficient (Wildman–Crippen LogP) is 3.49. The van der Waals surface area contributed by atoms with Gasteiger partial charge in [0.1, 0.15) is 11.9 Å². The zero-order valence-corrected chi connectivity index (χ0v) is 12.8. The summed E-state index contributed by atoms with van der Waals surface area (Å²) in [5.74, 6) is 0.479. The summed E-state index contributed by atoms with van der Waals surface area (Å²) >= 11 is 0. The summed E-state index contributed by atoms with van der Waals surface area (Å²) in [5.41, 5.74) is -0.696. The molecule has 1 fully saturated rings. The Morgan fingerprint density at radius 3 is 2.68 bits per heavy atom. The molecule has 1 saturated heterocycles. The molecule has 22 heavy (non-hydrogen) atoms. The number of nitrogens with one attached hydrogen (secondary N) is 1. The van der Waals surface area contributed by atoms with Crippen LogP contribution in [-0.2, 0) is 10.9 Å². The molecule has 124 valence electrons. The minimum Gasteiger partial charge on any atom is -0.488 e. The first-order chi connectivity index (χ1) is 10.4. The molecule has 1 aliphatic heterocycles. The van der Waals surface area contributed by atoms with Gasteiger partial charge in [0.2, 0.25) is 0 Å². The topological polar surface area (TPSA) is 30.5 Å². The summed E-state index contributed by atoms with van der Waals surface area (Å²) in [7, 11) is 0. The van der Waals surface area contributed by atoms with Crippen LogP contribution in [0, 0.1) is 5.92 Å². The van der Waals surface area contributed by atoms with Crippen molar-refractivity contribution in [3.8, 4) is 5.75 Å². The van der Waals surface area contributed by atoms with Crippen LogP contribution in [0.1, 0.15) is 25.8 Å². The van der Waals surface area contributed by atoms with E-state index in [0.717, 1.165) is 31.6 Å². The second kappa shape index (κ2) is 7.33. The number of halogens is 3. The van der Waals surface area contributed by atoms with E-state index >= 15 is 0 Å². The first-order valence-electron chi connectivity index (χ1n) is 7.52. The van der Waals surface area contributed by atoms with Crippen molar-refractivity contribution in [1.82, 2.24) is 5.32 Å². The monoisotopic (exact) mass is 317 g/mol. The molecule has 1 aromatic rings. The Kier molecular flexibility index (Phi) is 5.69. The Hall–Kier alpha value is -1.27. The predicted molar refractivity (Wildman–Crippen MR) is 77.9 cm³/mol. The van der Waals surface area contributed by atoms with Crippen LogP contribution in [0.25, 0.3) is 0 Å². The van der Waals surface area contributed by atoms with Crippen LogP contribution in [0.15, 0.2) is 24.3 Å². The number of hydrogen-bond acceptors (Lipinski definition) is 3. The molecule has 1 aromatic carbocycles. The molecule has 0 aromatic heterocycles. The molecule has 1 heterocycles. The van der Waals surface area contributed by atoms with Crippen LogP contribution in [0.3, 0.4) is 0 Å². The van der Waals surface area contributed by atoms with Gasteiger partial charge in [-0.1, -0.05) is 6.07 Å². The van der Waals surface area contributed by atoms with Crippen molar-refractivity contribution in [1.29, 1.82) is 0 Å². The molecule has 0 unspecified atom stereocenters. The van der Waals surface area contributed by atoms with Gasteiger partial charge in [-0.15, -0.1) is 0 Å². The van der Waals surface area contributed by atoms with E-state index in [2.05, 4.69) is 5.32 Å². The van der Waals surface area contributed by atoms with Gasteiger partial charge in [-0.25, -0.2) is 0 Å². The standard InChI is InChI=1S/C16H22F3NO2/c1-11(2)21-10-15(12-6-7-20-9-12)22-14-5-3-4-13(8-14)16(17,18)19/h3-5,8,11-12,15,20H,6-7,9-10H2,1-2H3/t12-,15-/m1/s1. The van der Waals surface area contributed by atoms with Gasteiger partial charge < -0.3 is 14.8 Å². The maximum Gasteiger partial charge on any atom is 0.416 e. The van der Waals surface area contributed by atoms with E-state index in [9.17, 15) is 13.2 Å². The fourth-order valence-corrected chi connectivity index (χ4v) is 2.47. The normalized spacial score (nSPS) is 20.4. The molecule has 1 N–H and O–H groups in total. The summed E-state index contributed by atoms with van der Waals surface area (Å²) in [6.07, 6.45) is -3.62. The SMILES string of the molecule is CC(C)OC[C@@H](Oc1cccc(C(F)(F)F)c1)[C@@H]1CCNC1. The van der Waals surface area contributed by atoms with Gasteiger partial charge in [0.05, 0.1) is 18.3 Å². The molecular formula is C16H22F3NO2. The lowest BCUT2D eigenvalue weighted by molar-refractivity contribution is -0.137. The van der Waals surface area contributed by atoms with E-state index in [-0.39, 0.29) is 23.9 Å². The Morgan fingerprint density at radius 1 is 1.32 bits per heavy atom. The lowest BCUT2D eigenvalue weighted by Crippen LogP contribution is -2.34. The van der Waals surface area contributed by atoms with Crippen molar-refractivity contribution < 1.29 is 22.6 Å². The highest BCUT2D eigenvalue weighted by Gasteiger charge is 2.32. The number of ether oxygens (including phenoxy) is 2. The Morgan fingerprint density at radius 2 is 2.09 bits per heavy atom. The quantitative estimate of drug-likeness (QED) is 0.871. The zero-order valence-electron chi connectivity index (χ0n) is 12.8. The molecule has 0 bridgehead atoms. The van der Waals surface area contributed by atoms with Crippen LogP contribution >= 0.6 is 0 Å². The molecule has 3 nitrogen and oxygen atoms in total. The van der Waals surface area contributed by atoms with Crippen LogP contribution in [-0.4, -0.2) is 31.9 Å². The molecular weight excluding hydrogens is 295 g/mol. The van der Waals surface area contributed by atoms with E-state index in [1.807, 2.05) is 13.8 Å². The third kappa shape index (κ3) is 4.88. The number of rotatable bonds is 6. The van der Waals surface area contributed by atoms with Crippen LogP contribution in [0.4, 0.5) is 13.2 Å². The largest absolute Gasteiger partial charge is 0.488 e. The minimum absolute atomic E-state index is 0.0574. The first kappa shape index (κ1) is 17.1. The molecule has 0 radical (unpaired) electrons. The lowest BCUT2D eigenvalue weighted by atomic mass is 10.0. The van der Waals surface area contributed by atoms with Gasteiger partial charge in [0.25, 0.3) is 0 Å². The zero-order chi connectivity index (χ0) is 16.2. The summed E-state index contributed by atoms with van der Waals surface area (Å²) in [6.45, 7) is 5.92. The van der Waals surface area contributed by atoms with Gasteiger partial charge in [-0.05, 0) is 45.0 Å². The maximum absolute atomic E-state index is 12.8. The van der Waals surface area contributed by atoms with Crippen LogP contribution in [0.5, 0.6) is 5.75 Å². The summed E-state index contributed by atoms with van der Waals surface area (Å²) in [6, 6.07) is 5.01. The van der Waals surface area contributed by atoms with Crippen molar-refractivity contribution in [3.05, 3.63) is 29.8 Å². The van der Waals surface area contributed by atoms with E-state index in [1.54, 1.807) is 6.07 Å². The molecule has 2 atom stereocenters. The third-order valence-corrected chi connectivity index (χ3v) is 3.67. The smallest absolute Gasteiger partial charge is 0.416 e. The molecule has 0 amide bonds. The lowest BCUT2D eigenvalue weighted by Gasteiger charge is -2.25. The van der Waals surface area contributed by atoms with Crippen molar-refractivity contribution in [2.24, 2.45) is 5.92 Å². The highest BCUT2D eigenvalue weighted by atomic mass is 19.4. The first-order valence-corrected chi connectivity index (χ1v) is 7.52. The molecule has 6 heteroatoms. The van der Waals surface area contributed by atoms with Gasteiger partial charge in [-0.2, -0.15) is 13.2 Å². The highest BCUT2D eigenvalue weighted by molar-refractivity contribution is 5.30. The minimum atomic E-state index is -4.36. The van der Waals surface area contributed by atoms with Crippen molar-refractivity contribution >= 4 is 0 Å². The molecule has 0 spiro atoms. The van der Waals surface area contributed by atoms with Gasteiger partial charge in [0, 0.05) is 12.5 Å². The molecule has 2 rings (SSSR count). The summed E-state index contributed by atoms with van der Waals surface area (Å²) < 4.78 is 49.7. The molecule has 0 saturated carbocycles. The average molecular weight is 317 g/mol. The maximum atomic E-state index is 12.8. The second-order valence-electron chi connectivity index (χ2n) is 5.82. The van der Waals surface area contributed by atoms with Crippen molar-refractivity contribution in [2.45, 2.75) is 38.7 Å². The van der Waals surface area contributed by atoms with Crippen LogP contribution < -0.4 is 10.1 Å². The Labute approximate surface area is 128 Å². The second-order valence-corrected chi connectivity index (χ2v) is 5.82. The highest BCUT2D eigenvalue weighted by Crippen LogP contribution is 2.32. The van der Waals surface area contributed by atoms with Gasteiger partial charge in [-0.3, -0.25) is 0 Å². The van der Waals surface area contributed by atoms with Crippen molar-refractivity contribution in [3.63, 3.8) is 0 Å². The fraction of sp³-hybridized carbons (Fsp3) is 0.625. The summed E-state index contributed by atoms with van der Waals surface area (Å²) in [5, 5.41) is 3.25. The van der Waals surface area contributed by atoms with Gasteiger partial charge >= 0.3 is 6.18 Å². The average Bonchev–Trinajstić information content (AvgIpc) is 2.96. The number of benzene rings is 1.